The summed E-state index contributed by atoms with van der Waals surface area (Å²) in [6.07, 6.45) is 4.53. The van der Waals surface area contributed by atoms with Crippen LogP contribution in [0.4, 0.5) is 5.82 Å². The fourth-order valence-electron chi connectivity index (χ4n) is 3.62. The first-order chi connectivity index (χ1) is 13.7. The number of rotatable bonds is 6. The van der Waals surface area contributed by atoms with Crippen molar-refractivity contribution in [2.75, 3.05) is 18.4 Å². The van der Waals surface area contributed by atoms with E-state index in [0.29, 0.717) is 24.1 Å². The van der Waals surface area contributed by atoms with Gasteiger partial charge in [0, 0.05) is 12.6 Å². The van der Waals surface area contributed by atoms with E-state index in [2.05, 4.69) is 38.2 Å². The van der Waals surface area contributed by atoms with Gasteiger partial charge in [-0.1, -0.05) is 35.5 Å². The quantitative estimate of drug-likeness (QED) is 0.646. The number of halogens is 1. The lowest BCUT2D eigenvalue weighted by Gasteiger charge is -2.23. The highest BCUT2D eigenvalue weighted by Crippen LogP contribution is 2.21. The van der Waals surface area contributed by atoms with Gasteiger partial charge in [-0.25, -0.2) is 9.36 Å². The first-order valence-electron chi connectivity index (χ1n) is 9.72. The van der Waals surface area contributed by atoms with Crippen LogP contribution in [-0.2, 0) is 13.0 Å². The topological polar surface area (TPSA) is 89.7 Å². The molecule has 1 fully saturated rings. The average molecular weight is 416 g/mol. The SMILES string of the molecule is Cc1c(C(=O)Nc2ccnn2CCc2ccccc2)nnn1C1CCNCC1.Cl. The Balaban J connectivity index is 0.00000240. The van der Waals surface area contributed by atoms with Crippen LogP contribution in [0.5, 0.6) is 0 Å². The van der Waals surface area contributed by atoms with Gasteiger partial charge in [0.15, 0.2) is 5.69 Å². The average Bonchev–Trinajstić information content (AvgIpc) is 3.34. The molecular formula is C20H26ClN7O. The van der Waals surface area contributed by atoms with Crippen LogP contribution >= 0.6 is 12.4 Å². The van der Waals surface area contributed by atoms with Gasteiger partial charge in [0.1, 0.15) is 5.82 Å². The third-order valence-corrected chi connectivity index (χ3v) is 5.21. The Hall–Kier alpha value is -2.71. The number of aryl methyl sites for hydroxylation is 2. The number of benzene rings is 1. The Kier molecular flexibility index (Phi) is 7.00. The molecule has 4 rings (SSSR count). The molecule has 3 aromatic rings. The molecule has 0 radical (unpaired) electrons. The Morgan fingerprint density at radius 2 is 1.97 bits per heavy atom. The van der Waals surface area contributed by atoms with E-state index in [1.54, 1.807) is 16.9 Å². The number of amides is 1. The summed E-state index contributed by atoms with van der Waals surface area (Å²) in [5, 5.41) is 19.0. The molecule has 9 heteroatoms. The minimum absolute atomic E-state index is 0. The largest absolute Gasteiger partial charge is 0.317 e. The molecule has 0 saturated carbocycles. The molecule has 1 aromatic carbocycles. The highest BCUT2D eigenvalue weighted by atomic mass is 35.5. The number of piperidine rings is 1. The van der Waals surface area contributed by atoms with E-state index in [1.807, 2.05) is 29.8 Å². The van der Waals surface area contributed by atoms with Gasteiger partial charge in [0.25, 0.3) is 5.91 Å². The highest BCUT2D eigenvalue weighted by molar-refractivity contribution is 6.03. The standard InChI is InChI=1S/C20H25N7O.ClH/c1-15-19(24-25-27(15)17-7-11-21-12-8-17)20(28)23-18-9-13-22-26(18)14-10-16-5-3-2-4-6-16;/h2-6,9,13,17,21H,7-8,10-12,14H2,1H3,(H,23,28);1H. The zero-order chi connectivity index (χ0) is 19.3. The Labute approximate surface area is 176 Å². The van der Waals surface area contributed by atoms with Crippen LogP contribution in [0.3, 0.4) is 0 Å². The minimum atomic E-state index is -0.251. The van der Waals surface area contributed by atoms with Crippen LogP contribution in [-0.4, -0.2) is 43.8 Å². The maximum atomic E-state index is 12.8. The van der Waals surface area contributed by atoms with Gasteiger partial charge in [0.2, 0.25) is 0 Å². The summed E-state index contributed by atoms with van der Waals surface area (Å²) in [6.45, 7) is 4.52. The van der Waals surface area contributed by atoms with Crippen molar-refractivity contribution in [2.45, 2.75) is 38.8 Å². The second-order valence-corrected chi connectivity index (χ2v) is 7.08. The molecule has 1 aliphatic heterocycles. The van der Waals surface area contributed by atoms with Crippen LogP contribution in [0.15, 0.2) is 42.6 Å². The fourth-order valence-corrected chi connectivity index (χ4v) is 3.62. The molecule has 0 bridgehead atoms. The van der Waals surface area contributed by atoms with Crippen LogP contribution in [0.2, 0.25) is 0 Å². The summed E-state index contributed by atoms with van der Waals surface area (Å²) in [5.41, 5.74) is 2.41. The zero-order valence-corrected chi connectivity index (χ0v) is 17.2. The second kappa shape index (κ2) is 9.67. The molecule has 0 atom stereocenters. The molecule has 0 unspecified atom stereocenters. The molecule has 0 aliphatic carbocycles. The Morgan fingerprint density at radius 1 is 1.21 bits per heavy atom. The van der Waals surface area contributed by atoms with Gasteiger partial charge < -0.3 is 10.6 Å². The van der Waals surface area contributed by atoms with Gasteiger partial charge in [-0.3, -0.25) is 4.79 Å². The van der Waals surface area contributed by atoms with Crippen LogP contribution in [0.1, 0.15) is 40.6 Å². The molecule has 8 nitrogen and oxygen atoms in total. The highest BCUT2D eigenvalue weighted by Gasteiger charge is 2.23. The van der Waals surface area contributed by atoms with E-state index >= 15 is 0 Å². The fraction of sp³-hybridized carbons (Fsp3) is 0.400. The third-order valence-electron chi connectivity index (χ3n) is 5.21. The number of hydrogen-bond acceptors (Lipinski definition) is 5. The summed E-state index contributed by atoms with van der Waals surface area (Å²) in [7, 11) is 0. The van der Waals surface area contributed by atoms with E-state index in [4.69, 9.17) is 0 Å². The van der Waals surface area contributed by atoms with E-state index < -0.39 is 0 Å². The lowest BCUT2D eigenvalue weighted by atomic mass is 10.1. The van der Waals surface area contributed by atoms with Crippen molar-refractivity contribution in [2.24, 2.45) is 0 Å². The van der Waals surface area contributed by atoms with Crippen molar-refractivity contribution in [3.63, 3.8) is 0 Å². The summed E-state index contributed by atoms with van der Waals surface area (Å²) in [4.78, 5) is 12.8. The van der Waals surface area contributed by atoms with Crippen LogP contribution in [0.25, 0.3) is 0 Å². The minimum Gasteiger partial charge on any atom is -0.317 e. The summed E-state index contributed by atoms with van der Waals surface area (Å²) >= 11 is 0. The number of nitrogens with one attached hydrogen (secondary N) is 2. The van der Waals surface area contributed by atoms with Crippen molar-refractivity contribution in [3.05, 3.63) is 59.5 Å². The summed E-state index contributed by atoms with van der Waals surface area (Å²) in [5.74, 6) is 0.413. The molecule has 1 saturated heterocycles. The van der Waals surface area contributed by atoms with Gasteiger partial charge in [-0.15, -0.1) is 17.5 Å². The first kappa shape index (κ1) is 21.0. The van der Waals surface area contributed by atoms with Gasteiger partial charge >= 0.3 is 0 Å². The lowest BCUT2D eigenvalue weighted by Crippen LogP contribution is -2.30. The number of anilines is 1. The summed E-state index contributed by atoms with van der Waals surface area (Å²) < 4.78 is 3.69. The maximum Gasteiger partial charge on any atom is 0.279 e. The predicted octanol–water partition coefficient (Wildman–Crippen LogP) is 2.62. The second-order valence-electron chi connectivity index (χ2n) is 7.08. The lowest BCUT2D eigenvalue weighted by molar-refractivity contribution is 0.102. The molecule has 3 heterocycles. The van der Waals surface area contributed by atoms with Crippen molar-refractivity contribution >= 4 is 24.1 Å². The number of carbonyl (C=O) groups is 1. The van der Waals surface area contributed by atoms with E-state index in [-0.39, 0.29) is 18.3 Å². The summed E-state index contributed by atoms with van der Waals surface area (Å²) in [6, 6.07) is 12.3. The zero-order valence-electron chi connectivity index (χ0n) is 16.4. The van der Waals surface area contributed by atoms with E-state index in [0.717, 1.165) is 38.0 Å². The molecule has 0 spiro atoms. The molecule has 154 valence electrons. The number of hydrogen-bond donors (Lipinski definition) is 2. The molecule has 29 heavy (non-hydrogen) atoms. The molecule has 2 N–H and O–H groups in total. The van der Waals surface area contributed by atoms with Crippen molar-refractivity contribution in [3.8, 4) is 0 Å². The van der Waals surface area contributed by atoms with Crippen LogP contribution in [0, 0.1) is 6.92 Å². The van der Waals surface area contributed by atoms with Crippen molar-refractivity contribution < 1.29 is 4.79 Å². The van der Waals surface area contributed by atoms with Gasteiger partial charge in [-0.05, 0) is 44.8 Å². The molecule has 1 aliphatic rings. The molecule has 1 amide bonds. The Bertz CT molecular complexity index is 931. The number of carbonyl (C=O) groups excluding carboxylic acids is 1. The van der Waals surface area contributed by atoms with Gasteiger partial charge in [-0.2, -0.15) is 5.10 Å². The number of aromatic nitrogens is 5. The smallest absolute Gasteiger partial charge is 0.279 e. The molecule has 2 aromatic heterocycles. The van der Waals surface area contributed by atoms with Gasteiger partial charge in [0.05, 0.1) is 17.9 Å². The monoisotopic (exact) mass is 415 g/mol. The van der Waals surface area contributed by atoms with E-state index in [1.165, 1.54) is 5.56 Å². The van der Waals surface area contributed by atoms with Crippen molar-refractivity contribution in [1.82, 2.24) is 30.1 Å². The first-order valence-corrected chi connectivity index (χ1v) is 9.72. The molecular weight excluding hydrogens is 390 g/mol. The Morgan fingerprint density at radius 3 is 2.72 bits per heavy atom. The maximum absolute atomic E-state index is 12.8. The number of nitrogens with zero attached hydrogens (tertiary/aromatic N) is 5. The normalized spacial score (nSPS) is 14.4. The van der Waals surface area contributed by atoms with Crippen molar-refractivity contribution in [1.29, 1.82) is 0 Å². The van der Waals surface area contributed by atoms with E-state index in [9.17, 15) is 4.79 Å². The van der Waals surface area contributed by atoms with Crippen LogP contribution < -0.4 is 10.6 Å². The predicted molar refractivity (Wildman–Crippen MR) is 113 cm³/mol. The third kappa shape index (κ3) is 4.83.